The molecule has 2 N–H and O–H groups in total. The molecule has 0 radical (unpaired) electrons. The molecule has 0 aliphatic carbocycles. The molecule has 5 heteroatoms. The molecule has 4 rings (SSSR count). The second-order valence-corrected chi connectivity index (χ2v) is 9.62. The molecule has 0 aliphatic rings. The number of carbonyl (C=O) groups excluding carboxylic acids is 1. The summed E-state index contributed by atoms with van der Waals surface area (Å²) in [7, 11) is 0. The third kappa shape index (κ3) is 6.17. The standard InChI is InChI=1S/C31H30N2O3/c1-31(2,17-22-11-12-23-7-3-4-8-24(23)15-22)33-19-28(35)21-36-30-14-13-25(16-27(30)18-32)29-10-6-5-9-26(29)20-34/h3-16,20,28,33,35H,17,19,21H2,1-2H3. The number of ether oxygens (including phenoxy) is 1. The Kier molecular flexibility index (Phi) is 7.80. The van der Waals surface area contributed by atoms with E-state index in [1.165, 1.54) is 16.3 Å². The summed E-state index contributed by atoms with van der Waals surface area (Å²) in [5.41, 5.74) is 3.43. The molecule has 5 nitrogen and oxygen atoms in total. The quantitative estimate of drug-likeness (QED) is 0.292. The predicted octanol–water partition coefficient (Wildman–Crippen LogP) is 5.54. The first-order valence-electron chi connectivity index (χ1n) is 12.0. The van der Waals surface area contributed by atoms with Crippen LogP contribution in [0, 0.1) is 11.3 Å². The zero-order valence-corrected chi connectivity index (χ0v) is 20.6. The SMILES string of the molecule is CC(C)(Cc1ccc2ccccc2c1)NCC(O)COc1ccc(-c2ccccc2C=O)cc1C#N. The van der Waals surface area contributed by atoms with E-state index in [0.717, 1.165) is 23.8 Å². The van der Waals surface area contributed by atoms with E-state index >= 15 is 0 Å². The first-order valence-corrected chi connectivity index (χ1v) is 12.0. The maximum atomic E-state index is 11.4. The Hall–Kier alpha value is -3.98. The van der Waals surface area contributed by atoms with Crippen LogP contribution >= 0.6 is 0 Å². The lowest BCUT2D eigenvalue weighted by atomic mass is 9.93. The van der Waals surface area contributed by atoms with Gasteiger partial charge in [-0.2, -0.15) is 5.26 Å². The van der Waals surface area contributed by atoms with E-state index in [4.69, 9.17) is 4.74 Å². The number of aliphatic hydroxyl groups excluding tert-OH is 1. The summed E-state index contributed by atoms with van der Waals surface area (Å²) < 4.78 is 5.79. The second kappa shape index (κ2) is 11.2. The number of nitriles is 1. The van der Waals surface area contributed by atoms with Gasteiger partial charge < -0.3 is 15.2 Å². The van der Waals surface area contributed by atoms with Gasteiger partial charge in [-0.25, -0.2) is 0 Å². The van der Waals surface area contributed by atoms with Gasteiger partial charge in [0.2, 0.25) is 0 Å². The zero-order valence-electron chi connectivity index (χ0n) is 20.6. The molecule has 0 saturated heterocycles. The van der Waals surface area contributed by atoms with Crippen molar-refractivity contribution in [3.63, 3.8) is 0 Å². The fourth-order valence-electron chi connectivity index (χ4n) is 4.33. The van der Waals surface area contributed by atoms with Crippen molar-refractivity contribution in [1.29, 1.82) is 5.26 Å². The van der Waals surface area contributed by atoms with E-state index in [9.17, 15) is 15.2 Å². The highest BCUT2D eigenvalue weighted by molar-refractivity contribution is 5.88. The zero-order chi connectivity index (χ0) is 25.5. The third-order valence-corrected chi connectivity index (χ3v) is 6.21. The lowest BCUT2D eigenvalue weighted by Gasteiger charge is -2.28. The molecule has 4 aromatic carbocycles. The van der Waals surface area contributed by atoms with Crippen LogP contribution < -0.4 is 10.1 Å². The molecule has 1 unspecified atom stereocenters. The van der Waals surface area contributed by atoms with Crippen molar-refractivity contribution >= 4 is 17.1 Å². The van der Waals surface area contributed by atoms with Gasteiger partial charge in [0.25, 0.3) is 0 Å². The van der Waals surface area contributed by atoms with Gasteiger partial charge in [-0.1, -0.05) is 72.8 Å². The Morgan fingerprint density at radius 1 is 1.00 bits per heavy atom. The summed E-state index contributed by atoms with van der Waals surface area (Å²) in [5.74, 6) is 0.402. The lowest BCUT2D eigenvalue weighted by Crippen LogP contribution is -2.46. The summed E-state index contributed by atoms with van der Waals surface area (Å²) in [6.07, 6.45) is 0.868. The van der Waals surface area contributed by atoms with E-state index in [-0.39, 0.29) is 12.1 Å². The van der Waals surface area contributed by atoms with Crippen molar-refractivity contribution in [2.45, 2.75) is 31.9 Å². The van der Waals surface area contributed by atoms with Crippen LogP contribution in [0.25, 0.3) is 21.9 Å². The maximum Gasteiger partial charge on any atom is 0.150 e. The Bertz CT molecular complexity index is 1400. The molecule has 182 valence electrons. The van der Waals surface area contributed by atoms with Gasteiger partial charge in [-0.3, -0.25) is 4.79 Å². The van der Waals surface area contributed by atoms with Gasteiger partial charge in [-0.05, 0) is 59.9 Å². The average Bonchev–Trinajstić information content (AvgIpc) is 2.90. The normalized spacial score (nSPS) is 12.2. The molecule has 1 atom stereocenters. The van der Waals surface area contributed by atoms with Crippen LogP contribution in [0.5, 0.6) is 5.75 Å². The number of aliphatic hydroxyl groups is 1. The summed E-state index contributed by atoms with van der Waals surface area (Å²) in [6, 6.07) is 29.4. The number of rotatable bonds is 10. The molecule has 0 aromatic heterocycles. The first-order chi connectivity index (χ1) is 17.4. The van der Waals surface area contributed by atoms with Crippen molar-refractivity contribution in [3.05, 3.63) is 102 Å². The number of carbonyl (C=O) groups is 1. The minimum atomic E-state index is -0.747. The Balaban J connectivity index is 1.34. The van der Waals surface area contributed by atoms with Gasteiger partial charge >= 0.3 is 0 Å². The van der Waals surface area contributed by atoms with Crippen molar-refractivity contribution < 1.29 is 14.6 Å². The molecular formula is C31H30N2O3. The van der Waals surface area contributed by atoms with Crippen molar-refractivity contribution in [1.82, 2.24) is 5.32 Å². The van der Waals surface area contributed by atoms with Crippen molar-refractivity contribution in [2.75, 3.05) is 13.2 Å². The fraction of sp³-hybridized carbons (Fsp3) is 0.226. The van der Waals surface area contributed by atoms with Gasteiger partial charge in [0.1, 0.15) is 24.5 Å². The number of benzene rings is 4. The average molecular weight is 479 g/mol. The minimum absolute atomic E-state index is 0.0536. The smallest absolute Gasteiger partial charge is 0.150 e. The molecule has 0 saturated carbocycles. The van der Waals surface area contributed by atoms with Gasteiger partial charge in [0.05, 0.1) is 5.56 Å². The third-order valence-electron chi connectivity index (χ3n) is 6.21. The molecule has 36 heavy (non-hydrogen) atoms. The fourth-order valence-corrected chi connectivity index (χ4v) is 4.33. The monoisotopic (exact) mass is 478 g/mol. The van der Waals surface area contributed by atoms with Crippen LogP contribution in [-0.4, -0.2) is 36.2 Å². The summed E-state index contributed by atoms with van der Waals surface area (Å²) >= 11 is 0. The lowest BCUT2D eigenvalue weighted by molar-refractivity contribution is 0.0987. The maximum absolute atomic E-state index is 11.4. The molecule has 0 fully saturated rings. The largest absolute Gasteiger partial charge is 0.489 e. The van der Waals surface area contributed by atoms with E-state index in [0.29, 0.717) is 23.4 Å². The highest BCUT2D eigenvalue weighted by Crippen LogP contribution is 2.28. The molecule has 0 heterocycles. The van der Waals surface area contributed by atoms with Gasteiger partial charge in [0, 0.05) is 17.6 Å². The number of β-amino-alcohol motifs (C(OH)–C–C–N with tert-alkyl or cyclic N) is 1. The Morgan fingerprint density at radius 2 is 1.75 bits per heavy atom. The number of fused-ring (bicyclic) bond motifs is 1. The minimum Gasteiger partial charge on any atom is -0.489 e. The molecular weight excluding hydrogens is 448 g/mol. The van der Waals surface area contributed by atoms with Crippen molar-refractivity contribution in [3.8, 4) is 22.9 Å². The summed E-state index contributed by atoms with van der Waals surface area (Å²) in [4.78, 5) is 11.4. The first kappa shape index (κ1) is 25.1. The van der Waals surface area contributed by atoms with Crippen LogP contribution in [0.15, 0.2) is 84.9 Å². The van der Waals surface area contributed by atoms with Crippen LogP contribution in [0.4, 0.5) is 0 Å². The summed E-state index contributed by atoms with van der Waals surface area (Å²) in [5, 5.41) is 26.0. The number of aldehydes is 1. The van der Waals surface area contributed by atoms with E-state index in [2.05, 4.69) is 55.6 Å². The Labute approximate surface area is 212 Å². The summed E-state index contributed by atoms with van der Waals surface area (Å²) in [6.45, 7) is 4.63. The molecule has 4 aromatic rings. The number of nitrogens with one attached hydrogen (secondary N) is 1. The van der Waals surface area contributed by atoms with E-state index in [1.807, 2.05) is 30.3 Å². The number of nitrogens with zero attached hydrogens (tertiary/aromatic N) is 1. The molecule has 0 aliphatic heterocycles. The Morgan fingerprint density at radius 3 is 2.53 bits per heavy atom. The highest BCUT2D eigenvalue weighted by Gasteiger charge is 2.20. The number of hydrogen-bond donors (Lipinski definition) is 2. The van der Waals surface area contributed by atoms with Crippen molar-refractivity contribution in [2.24, 2.45) is 0 Å². The van der Waals surface area contributed by atoms with Gasteiger partial charge in [0.15, 0.2) is 6.29 Å². The molecule has 0 bridgehead atoms. The highest BCUT2D eigenvalue weighted by atomic mass is 16.5. The van der Waals surface area contributed by atoms with E-state index < -0.39 is 6.10 Å². The second-order valence-electron chi connectivity index (χ2n) is 9.62. The van der Waals surface area contributed by atoms with Crippen LogP contribution in [0.1, 0.15) is 35.3 Å². The van der Waals surface area contributed by atoms with E-state index in [1.54, 1.807) is 24.3 Å². The van der Waals surface area contributed by atoms with Gasteiger partial charge in [-0.15, -0.1) is 0 Å². The molecule has 0 spiro atoms. The number of hydrogen-bond acceptors (Lipinski definition) is 5. The predicted molar refractivity (Wildman–Crippen MR) is 143 cm³/mol. The molecule has 0 amide bonds. The van der Waals surface area contributed by atoms with Crippen LogP contribution in [0.2, 0.25) is 0 Å². The topological polar surface area (TPSA) is 82.3 Å². The van der Waals surface area contributed by atoms with Crippen LogP contribution in [0.3, 0.4) is 0 Å². The van der Waals surface area contributed by atoms with Crippen LogP contribution in [-0.2, 0) is 6.42 Å².